The van der Waals surface area contributed by atoms with Crippen LogP contribution in [0.4, 0.5) is 0 Å². The fraction of sp³-hybridized carbons (Fsp3) is 0.447. The number of nitrogens with zero attached hydrogens (tertiary/aromatic N) is 4. The number of nitriles is 1. The lowest BCUT2D eigenvalue weighted by Gasteiger charge is -2.44. The van der Waals surface area contributed by atoms with E-state index in [4.69, 9.17) is 25.8 Å². The second kappa shape index (κ2) is 19.3. The summed E-state index contributed by atoms with van der Waals surface area (Å²) in [5.74, 6) is 1.22. The van der Waals surface area contributed by atoms with Crippen LogP contribution in [-0.4, -0.2) is 76.1 Å². The molecule has 310 valence electrons. The number of amides is 1. The van der Waals surface area contributed by atoms with E-state index in [1.54, 1.807) is 18.3 Å². The van der Waals surface area contributed by atoms with E-state index in [1.807, 2.05) is 29.2 Å². The van der Waals surface area contributed by atoms with E-state index in [0.717, 1.165) is 109 Å². The first-order valence-corrected chi connectivity index (χ1v) is 21.2. The minimum atomic E-state index is -0.834. The molecule has 1 spiro atoms. The summed E-state index contributed by atoms with van der Waals surface area (Å²) in [5, 5.41) is 23.0. The summed E-state index contributed by atoms with van der Waals surface area (Å²) in [4.78, 5) is 32.7. The molecule has 2 N–H and O–H groups in total. The third-order valence-electron chi connectivity index (χ3n) is 12.3. The Hall–Kier alpha value is -5.15. The van der Waals surface area contributed by atoms with Crippen LogP contribution in [-0.2, 0) is 29.3 Å². The fourth-order valence-electron chi connectivity index (χ4n) is 8.82. The summed E-state index contributed by atoms with van der Waals surface area (Å²) in [6, 6.07) is 19.3. The number of halogens is 1. The highest BCUT2D eigenvalue weighted by Gasteiger charge is 2.37. The van der Waals surface area contributed by atoms with E-state index in [0.29, 0.717) is 54.6 Å². The molecule has 11 nitrogen and oxygen atoms in total. The van der Waals surface area contributed by atoms with E-state index >= 15 is 0 Å². The molecule has 12 heteroatoms. The van der Waals surface area contributed by atoms with Crippen molar-refractivity contribution in [1.82, 2.24) is 20.1 Å². The number of carboxylic acid groups (broad SMARTS) is 1. The fourth-order valence-corrected chi connectivity index (χ4v) is 9.06. The second-order valence-corrected chi connectivity index (χ2v) is 16.6. The van der Waals surface area contributed by atoms with Gasteiger partial charge < -0.3 is 29.5 Å². The molecule has 7 rings (SSSR count). The molecule has 1 atom stereocenters. The van der Waals surface area contributed by atoms with Crippen molar-refractivity contribution in [1.29, 1.82) is 5.26 Å². The first-order chi connectivity index (χ1) is 28.6. The van der Waals surface area contributed by atoms with Crippen molar-refractivity contribution in [3.05, 3.63) is 105 Å². The molecule has 0 aliphatic carbocycles. The van der Waals surface area contributed by atoms with E-state index < -0.39 is 12.0 Å². The lowest BCUT2D eigenvalue weighted by Crippen LogP contribution is -2.57. The van der Waals surface area contributed by atoms with Crippen LogP contribution in [0.3, 0.4) is 0 Å². The topological polar surface area (TPSA) is 137 Å². The molecule has 3 saturated heterocycles. The number of carbonyl (C=O) groups excluding carboxylic acids is 1. The first-order valence-electron chi connectivity index (χ1n) is 20.8. The number of benzene rings is 3. The van der Waals surface area contributed by atoms with Crippen molar-refractivity contribution in [3.8, 4) is 34.4 Å². The van der Waals surface area contributed by atoms with Gasteiger partial charge in [0.25, 0.3) is 0 Å². The lowest BCUT2D eigenvalue weighted by molar-refractivity contribution is -0.144. The molecule has 4 heterocycles. The number of ether oxygens (including phenoxy) is 3. The van der Waals surface area contributed by atoms with Crippen LogP contribution in [0.25, 0.3) is 11.1 Å². The molecular formula is C47H54ClN5O6. The number of hydrogen-bond acceptors (Lipinski definition) is 9. The normalized spacial score (nSPS) is 18.2. The first kappa shape index (κ1) is 42.0. The number of hydrogen-bond donors (Lipinski definition) is 2. The van der Waals surface area contributed by atoms with Crippen molar-refractivity contribution in [2.45, 2.75) is 103 Å². The summed E-state index contributed by atoms with van der Waals surface area (Å²) >= 11 is 6.89. The third-order valence-corrected chi connectivity index (χ3v) is 12.6. The van der Waals surface area contributed by atoms with Gasteiger partial charge in [-0.15, -0.1) is 0 Å². The monoisotopic (exact) mass is 819 g/mol. The van der Waals surface area contributed by atoms with Gasteiger partial charge in [-0.2, -0.15) is 5.26 Å². The van der Waals surface area contributed by atoms with Gasteiger partial charge >= 0.3 is 5.97 Å². The minimum absolute atomic E-state index is 0.00797. The number of aliphatic carboxylic acids is 1. The zero-order valence-electron chi connectivity index (χ0n) is 34.1. The number of pyridine rings is 1. The van der Waals surface area contributed by atoms with E-state index in [1.165, 1.54) is 6.20 Å². The average Bonchev–Trinajstić information content (AvgIpc) is 3.23. The Bertz CT molecular complexity index is 2180. The predicted molar refractivity (Wildman–Crippen MR) is 227 cm³/mol. The van der Waals surface area contributed by atoms with Gasteiger partial charge in [-0.25, -0.2) is 0 Å². The van der Waals surface area contributed by atoms with Crippen LogP contribution in [0.1, 0.15) is 91.2 Å². The molecule has 0 saturated carbocycles. The van der Waals surface area contributed by atoms with Crippen LogP contribution in [0.15, 0.2) is 67.0 Å². The molecule has 3 aromatic carbocycles. The number of aromatic nitrogens is 1. The van der Waals surface area contributed by atoms with E-state index in [-0.39, 0.29) is 24.7 Å². The number of rotatable bonds is 15. The molecule has 59 heavy (non-hydrogen) atoms. The number of nitrogens with one attached hydrogen (secondary N) is 1. The Labute approximate surface area is 352 Å². The van der Waals surface area contributed by atoms with Crippen LogP contribution in [0.2, 0.25) is 5.02 Å². The van der Waals surface area contributed by atoms with Crippen molar-refractivity contribution in [3.63, 3.8) is 0 Å². The van der Waals surface area contributed by atoms with Gasteiger partial charge in [-0.1, -0.05) is 48.4 Å². The number of carbonyl (C=O) groups is 2. The van der Waals surface area contributed by atoms with Gasteiger partial charge in [0.1, 0.15) is 42.6 Å². The van der Waals surface area contributed by atoms with Crippen LogP contribution in [0, 0.1) is 25.2 Å². The van der Waals surface area contributed by atoms with Gasteiger partial charge in [0, 0.05) is 67.7 Å². The quantitative estimate of drug-likeness (QED) is 0.113. The van der Waals surface area contributed by atoms with Gasteiger partial charge in [-0.05, 0) is 111 Å². The Balaban J connectivity index is 1.01. The summed E-state index contributed by atoms with van der Waals surface area (Å²) in [6.45, 7) is 9.25. The maximum atomic E-state index is 12.1. The Morgan fingerprint density at radius 2 is 1.69 bits per heavy atom. The zero-order valence-corrected chi connectivity index (χ0v) is 34.9. The summed E-state index contributed by atoms with van der Waals surface area (Å²) in [7, 11) is 0. The van der Waals surface area contributed by atoms with Gasteiger partial charge in [-0.3, -0.25) is 19.5 Å². The van der Waals surface area contributed by atoms with Crippen molar-refractivity contribution < 1.29 is 28.9 Å². The largest absolute Gasteiger partial charge is 0.493 e. The van der Waals surface area contributed by atoms with Crippen molar-refractivity contribution in [2.75, 3.05) is 32.8 Å². The van der Waals surface area contributed by atoms with Gasteiger partial charge in [0.15, 0.2) is 0 Å². The molecule has 0 radical (unpaired) electrons. The summed E-state index contributed by atoms with van der Waals surface area (Å²) < 4.78 is 19.1. The maximum absolute atomic E-state index is 12.1. The number of piperidine rings is 3. The number of carboxylic acids is 1. The SMILES string of the molecule is Cc1c(COc2cc(OCc3cncc(C#N)c3)c(CN3CCCC[C@H]3C(=O)O)cc2Cl)cccc1-c1cccc(OCCCN2CCC3(CCCC(=O)N3)CC2)c1C. The second-order valence-electron chi connectivity index (χ2n) is 16.2. The standard InChI is InChI=1S/C47H54ClN5O6/c1-32-36(9-5-10-38(32)39-11-6-13-42(33(39)2)57-22-8-18-52-20-16-47(17-21-52)15-7-14-45(54)51-47)31-59-44-25-43(58-30-35-23-34(26-49)27-50-28-35)37(24-40(44)48)29-53-19-4-3-12-41(53)46(55)56/h5-6,9-11,13,23-25,27-28,41H,3-4,7-8,12,14-22,29-31H2,1-2H3,(H,51,54)(H,55,56)/t41-/m0/s1. The molecule has 4 aromatic rings. The zero-order chi connectivity index (χ0) is 41.4. The highest BCUT2D eigenvalue weighted by Crippen LogP contribution is 2.38. The van der Waals surface area contributed by atoms with Gasteiger partial charge in [0.2, 0.25) is 5.91 Å². The highest BCUT2D eigenvalue weighted by atomic mass is 35.5. The third kappa shape index (κ3) is 10.4. The molecule has 1 aromatic heterocycles. The maximum Gasteiger partial charge on any atom is 0.320 e. The van der Waals surface area contributed by atoms with Gasteiger partial charge in [0.05, 0.1) is 17.2 Å². The predicted octanol–water partition coefficient (Wildman–Crippen LogP) is 8.39. The lowest BCUT2D eigenvalue weighted by atomic mass is 9.80. The Morgan fingerprint density at radius 1 is 0.915 bits per heavy atom. The van der Waals surface area contributed by atoms with Crippen LogP contribution < -0.4 is 19.5 Å². The summed E-state index contributed by atoms with van der Waals surface area (Å²) in [5.41, 5.74) is 7.30. The van der Waals surface area contributed by atoms with Crippen molar-refractivity contribution >= 4 is 23.5 Å². The molecule has 0 unspecified atom stereocenters. The molecule has 1 amide bonds. The molecule has 0 bridgehead atoms. The average molecular weight is 820 g/mol. The smallest absolute Gasteiger partial charge is 0.320 e. The molecular weight excluding hydrogens is 766 g/mol. The van der Waals surface area contributed by atoms with Crippen LogP contribution in [0.5, 0.6) is 17.2 Å². The summed E-state index contributed by atoms with van der Waals surface area (Å²) in [6.07, 6.45) is 11.3. The van der Waals surface area contributed by atoms with Crippen molar-refractivity contribution in [2.24, 2.45) is 0 Å². The van der Waals surface area contributed by atoms with E-state index in [2.05, 4.69) is 53.3 Å². The molecule has 3 aliphatic heterocycles. The Kier molecular flexibility index (Phi) is 13.7. The van der Waals surface area contributed by atoms with E-state index in [9.17, 15) is 20.0 Å². The number of likely N-dealkylation sites (tertiary alicyclic amines) is 2. The Morgan fingerprint density at radius 3 is 2.47 bits per heavy atom. The molecule has 3 aliphatic rings. The molecule has 3 fully saturated rings. The minimum Gasteiger partial charge on any atom is -0.493 e. The highest BCUT2D eigenvalue weighted by molar-refractivity contribution is 6.32. The van der Waals surface area contributed by atoms with Crippen LogP contribution >= 0.6 is 11.6 Å².